The van der Waals surface area contributed by atoms with E-state index in [0.29, 0.717) is 12.1 Å². The van der Waals surface area contributed by atoms with Crippen molar-refractivity contribution in [2.75, 3.05) is 5.32 Å². The molecule has 0 fully saturated rings. The molecule has 1 heterocycles. The summed E-state index contributed by atoms with van der Waals surface area (Å²) in [5.41, 5.74) is -5.91. The average Bonchev–Trinajstić information content (AvgIpc) is 3.45. The molecule has 0 unspecified atom stereocenters. The molecule has 0 atom stereocenters. The quantitative estimate of drug-likeness (QED) is 0.175. The fourth-order valence-electron chi connectivity index (χ4n) is 4.92. The van der Waals surface area contributed by atoms with Crippen LogP contribution in [-0.4, -0.2) is 38.8 Å². The van der Waals surface area contributed by atoms with Crippen LogP contribution in [0.5, 0.6) is 0 Å². The maximum atomic E-state index is 13.8. The third kappa shape index (κ3) is 8.87. The molecule has 4 rings (SSSR count). The van der Waals surface area contributed by atoms with Crippen LogP contribution in [0.4, 0.5) is 67.2 Å². The van der Waals surface area contributed by atoms with Gasteiger partial charge in [-0.25, -0.2) is 9.67 Å². The largest absolute Gasteiger partial charge is 0.461 e. The van der Waals surface area contributed by atoms with E-state index < -0.39 is 100 Å². The van der Waals surface area contributed by atoms with Gasteiger partial charge >= 0.3 is 30.6 Å². The maximum absolute atomic E-state index is 13.8. The Bertz CT molecular complexity index is 1990. The Morgan fingerprint density at radius 3 is 1.83 bits per heavy atom. The fraction of sp³-hybridized carbons (Fsp3) is 0.312. The van der Waals surface area contributed by atoms with E-state index in [1.165, 1.54) is 20.8 Å². The van der Waals surface area contributed by atoms with Gasteiger partial charge in [-0.2, -0.15) is 61.5 Å². The minimum atomic E-state index is -6.31. The number of hydrogen-bond acceptors (Lipinski definition) is 4. The number of nitrogens with zero attached hydrogens (tertiary/aromatic N) is 3. The van der Waals surface area contributed by atoms with Crippen LogP contribution in [0.25, 0.3) is 11.1 Å². The molecule has 2 amide bonds. The first-order valence-corrected chi connectivity index (χ1v) is 14.7. The zero-order valence-electron chi connectivity index (χ0n) is 26.9. The topological polar surface area (TPSA) is 88.9 Å². The summed E-state index contributed by atoms with van der Waals surface area (Å²) in [5.74, 6) is -12.6. The Balaban J connectivity index is 1.75. The number of benzene rings is 3. The molecule has 0 bridgehead atoms. The number of alkyl halides is 14. The summed E-state index contributed by atoms with van der Waals surface area (Å²) in [4.78, 5) is 29.3. The van der Waals surface area contributed by atoms with Crippen molar-refractivity contribution in [1.29, 1.82) is 0 Å². The molecule has 2 N–H and O–H groups in total. The van der Waals surface area contributed by atoms with E-state index in [1.807, 2.05) is 0 Å². The molecular weight excluding hydrogens is 752 g/mol. The highest BCUT2D eigenvalue weighted by Crippen LogP contribution is 2.44. The average molecular weight is 776 g/mol. The Labute approximate surface area is 289 Å². The van der Waals surface area contributed by atoms with Crippen LogP contribution in [0.3, 0.4) is 0 Å². The number of nitrogens with one attached hydrogen (secondary N) is 2. The number of hydrogen-bond donors (Lipinski definition) is 2. The van der Waals surface area contributed by atoms with E-state index in [4.69, 9.17) is 0 Å². The van der Waals surface area contributed by atoms with Crippen molar-refractivity contribution in [1.82, 2.24) is 20.1 Å². The number of aromatic nitrogens is 3. The van der Waals surface area contributed by atoms with Gasteiger partial charge in [0.05, 0.1) is 28.8 Å². The maximum Gasteiger partial charge on any atom is 0.461 e. The molecule has 7 nitrogen and oxygen atoms in total. The van der Waals surface area contributed by atoms with Crippen LogP contribution >= 0.6 is 0 Å². The molecule has 3 aromatic carbocycles. The van der Waals surface area contributed by atoms with Crippen LogP contribution in [0.2, 0.25) is 0 Å². The third-order valence-corrected chi connectivity index (χ3v) is 7.29. The Hall–Kier alpha value is -5.24. The molecule has 53 heavy (non-hydrogen) atoms. The number of carbonyl (C=O) groups is 2. The van der Waals surface area contributed by atoms with Crippen molar-refractivity contribution in [3.05, 3.63) is 99.6 Å². The summed E-state index contributed by atoms with van der Waals surface area (Å²) in [7, 11) is 0. The highest BCUT2D eigenvalue weighted by atomic mass is 19.4. The molecule has 0 radical (unpaired) electrons. The van der Waals surface area contributed by atoms with Crippen molar-refractivity contribution in [3.63, 3.8) is 0 Å². The van der Waals surface area contributed by atoms with E-state index in [9.17, 15) is 71.1 Å². The smallest absolute Gasteiger partial charge is 0.350 e. The molecular formula is C32H23F14N5O2. The Morgan fingerprint density at radius 2 is 1.34 bits per heavy atom. The summed E-state index contributed by atoms with van der Waals surface area (Å²) in [6.45, 7) is 3.23. The van der Waals surface area contributed by atoms with Gasteiger partial charge in [0.1, 0.15) is 0 Å². The lowest BCUT2D eigenvalue weighted by Crippen LogP contribution is -2.35. The molecule has 0 spiro atoms. The molecule has 0 saturated heterocycles. The minimum Gasteiger partial charge on any atom is -0.350 e. The van der Waals surface area contributed by atoms with Crippen molar-refractivity contribution in [2.24, 2.45) is 0 Å². The predicted octanol–water partition coefficient (Wildman–Crippen LogP) is 9.40. The van der Waals surface area contributed by atoms with Gasteiger partial charge in [-0.1, -0.05) is 24.3 Å². The van der Waals surface area contributed by atoms with E-state index in [0.717, 1.165) is 36.4 Å². The molecule has 0 saturated carbocycles. The number of rotatable bonds is 8. The molecule has 4 aromatic rings. The van der Waals surface area contributed by atoms with E-state index in [-0.39, 0.29) is 27.6 Å². The minimum absolute atomic E-state index is 0.0578. The standard InChI is InChI=1S/C32H23F14N5O2/c1-14(2)47-25(53)23-20(17-10-18(29(35,36)37)12-19(11-17)30(38,39)40)5-4-6-21(23)24(52)48-22-8-7-16(9-15(22)3)13-51-27(31(41,42)43)49-26(50-51)28(33,34)32(44,45)46/h4-12,14H,13H2,1-3H3,(H,47,53)(H,48,52). The van der Waals surface area contributed by atoms with Crippen LogP contribution in [-0.2, 0) is 31.0 Å². The number of aryl methyl sites for hydroxylation is 1. The first-order chi connectivity index (χ1) is 24.1. The third-order valence-electron chi connectivity index (χ3n) is 7.29. The normalized spacial score (nSPS) is 13.0. The highest BCUT2D eigenvalue weighted by molar-refractivity contribution is 6.15. The summed E-state index contributed by atoms with van der Waals surface area (Å²) < 4.78 is 188. The molecule has 0 aliphatic heterocycles. The lowest BCUT2D eigenvalue weighted by molar-refractivity contribution is -0.292. The number of carbonyl (C=O) groups excluding carboxylic acids is 2. The number of anilines is 1. The van der Waals surface area contributed by atoms with Gasteiger partial charge in [-0.15, -0.1) is 5.10 Å². The molecule has 0 aliphatic rings. The van der Waals surface area contributed by atoms with Gasteiger partial charge in [0.25, 0.3) is 11.8 Å². The van der Waals surface area contributed by atoms with Gasteiger partial charge < -0.3 is 10.6 Å². The van der Waals surface area contributed by atoms with E-state index in [2.05, 4.69) is 20.7 Å². The summed E-state index contributed by atoms with van der Waals surface area (Å²) >= 11 is 0. The van der Waals surface area contributed by atoms with Crippen LogP contribution in [0, 0.1) is 6.92 Å². The summed E-state index contributed by atoms with van der Waals surface area (Å²) in [6.07, 6.45) is -22.3. The highest BCUT2D eigenvalue weighted by Gasteiger charge is 2.62. The van der Waals surface area contributed by atoms with Crippen molar-refractivity contribution in [3.8, 4) is 11.1 Å². The molecule has 21 heteroatoms. The SMILES string of the molecule is Cc1cc(Cn2nc(C(F)(F)C(F)(F)F)nc2C(F)(F)F)ccc1NC(=O)c1cccc(-c2cc(C(F)(F)F)cc(C(F)(F)F)c2)c1C(=O)NC(C)C. The van der Waals surface area contributed by atoms with Gasteiger partial charge in [0.15, 0.2) is 0 Å². The second kappa shape index (κ2) is 14.0. The van der Waals surface area contributed by atoms with Gasteiger partial charge in [0.2, 0.25) is 11.6 Å². The van der Waals surface area contributed by atoms with Crippen molar-refractivity contribution in [2.45, 2.75) is 64.0 Å². The fourth-order valence-corrected chi connectivity index (χ4v) is 4.92. The second-order valence-electron chi connectivity index (χ2n) is 11.7. The van der Waals surface area contributed by atoms with Crippen LogP contribution < -0.4 is 10.6 Å². The zero-order valence-corrected chi connectivity index (χ0v) is 26.9. The Kier molecular flexibility index (Phi) is 10.7. The molecule has 0 aliphatic carbocycles. The van der Waals surface area contributed by atoms with Gasteiger partial charge in [-0.05, 0) is 73.4 Å². The van der Waals surface area contributed by atoms with Crippen LogP contribution in [0.15, 0.2) is 54.6 Å². The van der Waals surface area contributed by atoms with E-state index in [1.54, 1.807) is 0 Å². The second-order valence-corrected chi connectivity index (χ2v) is 11.7. The van der Waals surface area contributed by atoms with Crippen molar-refractivity contribution >= 4 is 17.5 Å². The predicted molar refractivity (Wildman–Crippen MR) is 158 cm³/mol. The van der Waals surface area contributed by atoms with Gasteiger partial charge in [0, 0.05) is 11.7 Å². The van der Waals surface area contributed by atoms with E-state index >= 15 is 0 Å². The number of amides is 2. The monoisotopic (exact) mass is 775 g/mol. The molecule has 1 aromatic heterocycles. The Morgan fingerprint density at radius 1 is 0.755 bits per heavy atom. The van der Waals surface area contributed by atoms with Crippen LogP contribution in [0.1, 0.15) is 68.5 Å². The lowest BCUT2D eigenvalue weighted by atomic mass is 9.91. The number of halogens is 14. The zero-order chi connectivity index (χ0) is 40.1. The lowest BCUT2D eigenvalue weighted by Gasteiger charge is -2.19. The summed E-state index contributed by atoms with van der Waals surface area (Å²) in [5, 5.41) is 7.55. The van der Waals surface area contributed by atoms with Gasteiger partial charge in [-0.3, -0.25) is 9.59 Å². The first-order valence-electron chi connectivity index (χ1n) is 14.7. The first kappa shape index (κ1) is 40.5. The summed E-state index contributed by atoms with van der Waals surface area (Å²) in [6, 6.07) is 6.37. The molecule has 286 valence electrons. The van der Waals surface area contributed by atoms with Crippen molar-refractivity contribution < 1.29 is 71.1 Å².